The Morgan fingerprint density at radius 3 is 1.88 bits per heavy atom. The first kappa shape index (κ1) is 42.2. The Hall–Kier alpha value is -1.96. The molecule has 6 atom stereocenters. The molecule has 0 amide bonds. The largest absolute Gasteiger partial charge is 0.369 e. The number of allylic oxidation sites excluding steroid dienone is 4. The third-order valence-electron chi connectivity index (χ3n) is 12.4. The molecular formula is C46H80N2. The third kappa shape index (κ3) is 13.1. The van der Waals surface area contributed by atoms with Crippen molar-refractivity contribution in [2.45, 2.75) is 165 Å². The lowest BCUT2D eigenvalue weighted by Gasteiger charge is -2.37. The molecule has 0 heterocycles. The van der Waals surface area contributed by atoms with Crippen LogP contribution in [0.25, 0.3) is 0 Å². The van der Waals surface area contributed by atoms with Crippen molar-refractivity contribution in [3.05, 3.63) is 73.2 Å². The number of nitrogens with one attached hydrogen (secondary N) is 2. The van der Waals surface area contributed by atoms with E-state index in [2.05, 4.69) is 126 Å². The summed E-state index contributed by atoms with van der Waals surface area (Å²) in [5.74, 6) is 6.05. The molecule has 48 heavy (non-hydrogen) atoms. The molecule has 2 nitrogen and oxygen atoms in total. The van der Waals surface area contributed by atoms with Gasteiger partial charge < -0.3 is 10.6 Å². The van der Waals surface area contributed by atoms with Crippen LogP contribution in [0.15, 0.2) is 73.2 Å². The Morgan fingerprint density at radius 2 is 1.46 bits per heavy atom. The molecule has 0 spiro atoms. The Balaban J connectivity index is 0.000000558. The van der Waals surface area contributed by atoms with Crippen molar-refractivity contribution in [3.63, 3.8) is 0 Å². The van der Waals surface area contributed by atoms with Gasteiger partial charge >= 0.3 is 0 Å². The third-order valence-corrected chi connectivity index (χ3v) is 12.4. The SMILES string of the molecule is C=C(C)C(=C)C(C)CC1CCC1.C=C(CCC1CC1)CCC(NC(=C)NC(C(=C)CC(C(=C)C)C1C(CC)C1(C)C)C(C)(C)C)C(C)C. The summed E-state index contributed by atoms with van der Waals surface area (Å²) >= 11 is 0. The van der Waals surface area contributed by atoms with Gasteiger partial charge in [0.25, 0.3) is 0 Å². The van der Waals surface area contributed by atoms with E-state index < -0.39 is 0 Å². The van der Waals surface area contributed by atoms with Gasteiger partial charge in [0.15, 0.2) is 0 Å². The topological polar surface area (TPSA) is 24.1 Å². The molecule has 6 unspecified atom stereocenters. The molecule has 3 rings (SSSR count). The van der Waals surface area contributed by atoms with Gasteiger partial charge in [-0.25, -0.2) is 0 Å². The van der Waals surface area contributed by atoms with Crippen LogP contribution in [0.2, 0.25) is 0 Å². The minimum absolute atomic E-state index is 0.0367. The normalized spacial score (nSPS) is 22.6. The van der Waals surface area contributed by atoms with E-state index in [0.717, 1.165) is 48.4 Å². The van der Waals surface area contributed by atoms with Gasteiger partial charge in [0, 0.05) is 6.04 Å². The van der Waals surface area contributed by atoms with Crippen LogP contribution in [0, 0.1) is 52.3 Å². The van der Waals surface area contributed by atoms with Crippen molar-refractivity contribution in [2.75, 3.05) is 0 Å². The summed E-state index contributed by atoms with van der Waals surface area (Å²) in [5, 5.41) is 7.51. The van der Waals surface area contributed by atoms with Crippen molar-refractivity contribution in [2.24, 2.45) is 52.3 Å². The molecule has 3 aliphatic carbocycles. The van der Waals surface area contributed by atoms with Crippen LogP contribution >= 0.6 is 0 Å². The lowest BCUT2D eigenvalue weighted by atomic mass is 9.77. The highest BCUT2D eigenvalue weighted by Crippen LogP contribution is 2.65. The Bertz CT molecular complexity index is 1120. The van der Waals surface area contributed by atoms with Gasteiger partial charge in [-0.15, -0.1) is 0 Å². The molecule has 0 bridgehead atoms. The van der Waals surface area contributed by atoms with Crippen LogP contribution in [-0.4, -0.2) is 12.1 Å². The highest BCUT2D eigenvalue weighted by molar-refractivity contribution is 5.25. The second kappa shape index (κ2) is 18.3. The van der Waals surface area contributed by atoms with E-state index in [9.17, 15) is 0 Å². The molecule has 274 valence electrons. The van der Waals surface area contributed by atoms with Gasteiger partial charge in [-0.2, -0.15) is 0 Å². The van der Waals surface area contributed by atoms with Crippen LogP contribution in [0.4, 0.5) is 0 Å². The Labute approximate surface area is 300 Å². The first-order chi connectivity index (χ1) is 22.2. The molecule has 2 heteroatoms. The molecule has 0 aromatic carbocycles. The quantitative estimate of drug-likeness (QED) is 0.0945. The molecule has 0 saturated heterocycles. The van der Waals surface area contributed by atoms with Crippen molar-refractivity contribution in [3.8, 4) is 0 Å². The first-order valence-electron chi connectivity index (χ1n) is 19.8. The van der Waals surface area contributed by atoms with E-state index in [0.29, 0.717) is 35.1 Å². The average Bonchev–Trinajstić information content (AvgIpc) is 3.88. The first-order valence-corrected chi connectivity index (χ1v) is 19.8. The molecule has 3 fully saturated rings. The van der Waals surface area contributed by atoms with Crippen molar-refractivity contribution in [1.82, 2.24) is 10.6 Å². The van der Waals surface area contributed by atoms with Crippen LogP contribution in [0.1, 0.15) is 153 Å². The average molecular weight is 661 g/mol. The second-order valence-electron chi connectivity index (χ2n) is 18.6. The molecule has 0 aliphatic heterocycles. The van der Waals surface area contributed by atoms with Crippen molar-refractivity contribution in [1.29, 1.82) is 0 Å². The summed E-state index contributed by atoms with van der Waals surface area (Å²) in [6.07, 6.45) is 15.5. The van der Waals surface area contributed by atoms with Crippen LogP contribution < -0.4 is 10.6 Å². The van der Waals surface area contributed by atoms with Crippen LogP contribution in [0.5, 0.6) is 0 Å². The van der Waals surface area contributed by atoms with Crippen LogP contribution in [0.3, 0.4) is 0 Å². The minimum Gasteiger partial charge on any atom is -0.369 e. The van der Waals surface area contributed by atoms with Gasteiger partial charge in [0.2, 0.25) is 0 Å². The summed E-state index contributed by atoms with van der Waals surface area (Å²) in [7, 11) is 0. The van der Waals surface area contributed by atoms with Gasteiger partial charge in [-0.05, 0) is 105 Å². The van der Waals surface area contributed by atoms with E-state index in [1.54, 1.807) is 0 Å². The highest BCUT2D eigenvalue weighted by atomic mass is 15.1. The zero-order valence-corrected chi connectivity index (χ0v) is 33.9. The number of hydrogen-bond acceptors (Lipinski definition) is 2. The van der Waals surface area contributed by atoms with E-state index in [4.69, 9.17) is 0 Å². The van der Waals surface area contributed by atoms with Gasteiger partial charge in [-0.1, -0.05) is 168 Å². The molecule has 0 radical (unpaired) electrons. The van der Waals surface area contributed by atoms with Gasteiger partial charge in [-0.3, -0.25) is 0 Å². The van der Waals surface area contributed by atoms with Crippen molar-refractivity contribution < 1.29 is 0 Å². The molecule has 0 aromatic heterocycles. The second-order valence-corrected chi connectivity index (χ2v) is 18.6. The summed E-state index contributed by atoms with van der Waals surface area (Å²) in [6, 6.07) is 0.542. The Morgan fingerprint density at radius 1 is 0.854 bits per heavy atom. The Kier molecular flexibility index (Phi) is 16.1. The van der Waals surface area contributed by atoms with Gasteiger partial charge in [0.05, 0.1) is 11.9 Å². The maximum Gasteiger partial charge on any atom is 0.0919 e. The summed E-state index contributed by atoms with van der Waals surface area (Å²) in [4.78, 5) is 0. The number of rotatable bonds is 21. The van der Waals surface area contributed by atoms with E-state index in [-0.39, 0.29) is 11.5 Å². The molecular weight excluding hydrogens is 581 g/mol. The standard InChI is InChI=1S/C34H60N2.C12H20/c1-14-29-31(34(29,12)13)28(22(2)3)21-25(7)32(33(9,10)11)36-26(8)35-30(23(4)5)20-16-24(6)15-17-27-18-19-27;1-9(2)11(4)10(3)8-12-6-5-7-12/h23,27-32,35-36H,2,6-8,14-21H2,1,3-5,9-13H3;10,12H,1,4-8H2,2-3H3. The summed E-state index contributed by atoms with van der Waals surface area (Å²) < 4.78 is 0. The van der Waals surface area contributed by atoms with E-state index >= 15 is 0 Å². The molecule has 2 N–H and O–H groups in total. The maximum atomic E-state index is 4.63. The molecule has 3 saturated carbocycles. The fourth-order valence-electron chi connectivity index (χ4n) is 8.41. The fraction of sp³-hybridized carbons (Fsp3) is 0.739. The fourth-order valence-corrected chi connectivity index (χ4v) is 8.41. The van der Waals surface area contributed by atoms with E-state index in [1.165, 1.54) is 80.1 Å². The van der Waals surface area contributed by atoms with Gasteiger partial charge in [0.1, 0.15) is 0 Å². The highest BCUT2D eigenvalue weighted by Gasteiger charge is 2.59. The lowest BCUT2D eigenvalue weighted by Crippen LogP contribution is -2.47. The van der Waals surface area contributed by atoms with E-state index in [1.807, 2.05) is 0 Å². The predicted molar refractivity (Wildman–Crippen MR) is 216 cm³/mol. The van der Waals surface area contributed by atoms with Crippen LogP contribution in [-0.2, 0) is 0 Å². The van der Waals surface area contributed by atoms with Crippen molar-refractivity contribution >= 4 is 0 Å². The maximum absolute atomic E-state index is 4.63. The summed E-state index contributed by atoms with van der Waals surface area (Å²) in [6.45, 7) is 51.1. The summed E-state index contributed by atoms with van der Waals surface area (Å²) in [5.41, 5.74) is 6.83. The molecule has 3 aliphatic rings. The zero-order valence-electron chi connectivity index (χ0n) is 33.9. The monoisotopic (exact) mass is 661 g/mol. The number of hydrogen-bond donors (Lipinski definition) is 2. The zero-order chi connectivity index (χ0) is 36.6. The molecule has 0 aromatic rings. The smallest absolute Gasteiger partial charge is 0.0919 e. The predicted octanol–water partition coefficient (Wildman–Crippen LogP) is 13.4. The lowest BCUT2D eigenvalue weighted by molar-refractivity contribution is 0.270. The minimum atomic E-state index is 0.0367.